The molecule has 0 aliphatic heterocycles. The number of non-ortho nitro benzene ring substituents is 1. The highest BCUT2D eigenvalue weighted by Crippen LogP contribution is 2.31. The smallest absolute Gasteiger partial charge is 0.273 e. The summed E-state index contributed by atoms with van der Waals surface area (Å²) >= 11 is 0. The van der Waals surface area contributed by atoms with Crippen molar-refractivity contribution in [2.75, 3.05) is 33.7 Å². The molecular formula is C21H27N3O6. The van der Waals surface area contributed by atoms with Gasteiger partial charge in [-0.2, -0.15) is 0 Å². The molecule has 0 aliphatic carbocycles. The molecule has 30 heavy (non-hydrogen) atoms. The molecule has 0 radical (unpaired) electrons. The van der Waals surface area contributed by atoms with Crippen molar-refractivity contribution in [3.8, 4) is 17.2 Å². The average Bonchev–Trinajstić information content (AvgIpc) is 2.73. The van der Waals surface area contributed by atoms with Crippen LogP contribution >= 0.6 is 0 Å². The number of hydrogen-bond acceptors (Lipinski definition) is 7. The lowest BCUT2D eigenvalue weighted by Gasteiger charge is -2.25. The molecule has 0 spiro atoms. The highest BCUT2D eigenvalue weighted by molar-refractivity contribution is 5.96. The number of anilines is 1. The lowest BCUT2D eigenvalue weighted by atomic mass is 10.1. The van der Waals surface area contributed by atoms with E-state index in [9.17, 15) is 14.9 Å². The molecule has 0 saturated carbocycles. The van der Waals surface area contributed by atoms with Crippen LogP contribution in [0.2, 0.25) is 0 Å². The van der Waals surface area contributed by atoms with Crippen LogP contribution in [0, 0.1) is 17.0 Å². The van der Waals surface area contributed by atoms with E-state index in [1.165, 1.54) is 25.3 Å². The summed E-state index contributed by atoms with van der Waals surface area (Å²) < 4.78 is 15.9. The molecule has 0 heterocycles. The fraction of sp³-hybridized carbons (Fsp3) is 0.381. The van der Waals surface area contributed by atoms with Gasteiger partial charge in [0, 0.05) is 12.6 Å². The van der Waals surface area contributed by atoms with E-state index in [0.29, 0.717) is 23.7 Å². The van der Waals surface area contributed by atoms with Crippen molar-refractivity contribution in [3.63, 3.8) is 0 Å². The Labute approximate surface area is 175 Å². The summed E-state index contributed by atoms with van der Waals surface area (Å²) in [6, 6.07) is 7.37. The Morgan fingerprint density at radius 1 is 1.10 bits per heavy atom. The quantitative estimate of drug-likeness (QED) is 0.493. The van der Waals surface area contributed by atoms with Crippen molar-refractivity contribution in [2.45, 2.75) is 26.4 Å². The van der Waals surface area contributed by atoms with Gasteiger partial charge >= 0.3 is 0 Å². The van der Waals surface area contributed by atoms with Gasteiger partial charge < -0.3 is 19.5 Å². The molecule has 9 nitrogen and oxygen atoms in total. The molecule has 162 valence electrons. The van der Waals surface area contributed by atoms with Gasteiger partial charge in [0.1, 0.15) is 5.75 Å². The second-order valence-corrected chi connectivity index (χ2v) is 6.86. The van der Waals surface area contributed by atoms with Crippen molar-refractivity contribution in [2.24, 2.45) is 0 Å². The van der Waals surface area contributed by atoms with Gasteiger partial charge in [0.25, 0.3) is 5.69 Å². The van der Waals surface area contributed by atoms with Gasteiger partial charge in [0.15, 0.2) is 11.5 Å². The Morgan fingerprint density at radius 3 is 2.27 bits per heavy atom. The van der Waals surface area contributed by atoms with E-state index in [1.54, 1.807) is 21.1 Å². The van der Waals surface area contributed by atoms with Gasteiger partial charge in [-0.25, -0.2) is 0 Å². The number of amides is 1. The summed E-state index contributed by atoms with van der Waals surface area (Å²) in [5.74, 6) is 1.24. The van der Waals surface area contributed by atoms with Crippen molar-refractivity contribution in [1.82, 2.24) is 4.90 Å². The fourth-order valence-corrected chi connectivity index (χ4v) is 2.93. The molecule has 1 N–H and O–H groups in total. The molecule has 0 unspecified atom stereocenters. The Bertz CT molecular complexity index is 931. The van der Waals surface area contributed by atoms with Crippen LogP contribution in [0.5, 0.6) is 17.2 Å². The average molecular weight is 417 g/mol. The zero-order chi connectivity index (χ0) is 22.4. The number of carbonyl (C=O) groups excluding carboxylic acids is 1. The number of carbonyl (C=O) groups is 1. The molecule has 0 fully saturated rings. The first kappa shape index (κ1) is 23.0. The number of aryl methyl sites for hydroxylation is 1. The van der Waals surface area contributed by atoms with E-state index in [-0.39, 0.29) is 17.3 Å². The molecule has 2 aromatic rings. The second-order valence-electron chi connectivity index (χ2n) is 6.86. The minimum atomic E-state index is -0.518. The molecule has 0 aliphatic rings. The number of likely N-dealkylation sites (N-methyl/N-ethyl adjacent to an activating group) is 1. The maximum Gasteiger partial charge on any atom is 0.273 e. The Hall–Kier alpha value is -3.33. The van der Waals surface area contributed by atoms with Crippen LogP contribution in [0.25, 0.3) is 0 Å². The highest BCUT2D eigenvalue weighted by Gasteiger charge is 2.22. The van der Waals surface area contributed by atoms with Crippen LogP contribution in [0.3, 0.4) is 0 Å². The van der Waals surface area contributed by atoms with E-state index in [2.05, 4.69) is 5.32 Å². The minimum absolute atomic E-state index is 0.112. The van der Waals surface area contributed by atoms with Crippen molar-refractivity contribution < 1.29 is 23.9 Å². The lowest BCUT2D eigenvalue weighted by Crippen LogP contribution is -2.39. The molecule has 9 heteroatoms. The molecule has 0 aromatic heterocycles. The van der Waals surface area contributed by atoms with Crippen molar-refractivity contribution in [3.05, 3.63) is 51.6 Å². The maximum atomic E-state index is 12.8. The summed E-state index contributed by atoms with van der Waals surface area (Å²) in [5.41, 5.74) is 2.28. The predicted molar refractivity (Wildman–Crippen MR) is 113 cm³/mol. The van der Waals surface area contributed by atoms with E-state index in [1.807, 2.05) is 31.0 Å². The number of methoxy groups -OCH3 is 3. The second kappa shape index (κ2) is 9.93. The number of rotatable bonds is 9. The molecule has 2 aromatic carbocycles. The topological polar surface area (TPSA) is 103 Å². The molecular weight excluding hydrogens is 390 g/mol. The Kier molecular flexibility index (Phi) is 7.60. The van der Waals surface area contributed by atoms with E-state index in [0.717, 1.165) is 11.1 Å². The molecule has 0 bridgehead atoms. The lowest BCUT2D eigenvalue weighted by molar-refractivity contribution is -0.384. The van der Waals surface area contributed by atoms with Crippen LogP contribution in [0.15, 0.2) is 30.3 Å². The normalized spacial score (nSPS) is 11.7. The summed E-state index contributed by atoms with van der Waals surface area (Å²) in [6.45, 7) is 4.26. The molecule has 0 saturated heterocycles. The van der Waals surface area contributed by atoms with Crippen molar-refractivity contribution in [1.29, 1.82) is 0 Å². The van der Waals surface area contributed by atoms with Gasteiger partial charge in [0.2, 0.25) is 5.91 Å². The number of nitrogens with zero attached hydrogens (tertiary/aromatic N) is 2. The SMILES string of the molecule is COc1cc([N+](=O)[O-])ccc1NC(=O)[C@H](C)N(C)Cc1cc(OC)c(OC)cc1C. The first-order valence-electron chi connectivity index (χ1n) is 9.26. The van der Waals surface area contributed by atoms with Crippen LogP contribution in [-0.2, 0) is 11.3 Å². The van der Waals surface area contributed by atoms with Gasteiger partial charge in [-0.3, -0.25) is 19.8 Å². The third-order valence-corrected chi connectivity index (χ3v) is 4.96. The number of nitro groups is 1. The number of ether oxygens (including phenoxy) is 3. The first-order valence-corrected chi connectivity index (χ1v) is 9.26. The van der Waals surface area contributed by atoms with Crippen LogP contribution in [-0.4, -0.2) is 50.1 Å². The fourth-order valence-electron chi connectivity index (χ4n) is 2.93. The minimum Gasteiger partial charge on any atom is -0.494 e. The summed E-state index contributed by atoms with van der Waals surface area (Å²) in [7, 11) is 6.40. The highest BCUT2D eigenvalue weighted by atomic mass is 16.6. The van der Waals surface area contributed by atoms with Crippen LogP contribution in [0.1, 0.15) is 18.1 Å². The number of benzene rings is 2. The van der Waals surface area contributed by atoms with Crippen LogP contribution < -0.4 is 19.5 Å². The number of nitro benzene ring substituents is 1. The van der Waals surface area contributed by atoms with Gasteiger partial charge in [-0.15, -0.1) is 0 Å². The Morgan fingerprint density at radius 2 is 1.70 bits per heavy atom. The van der Waals surface area contributed by atoms with Crippen LogP contribution in [0.4, 0.5) is 11.4 Å². The molecule has 1 atom stereocenters. The van der Waals surface area contributed by atoms with E-state index < -0.39 is 11.0 Å². The third kappa shape index (κ3) is 5.18. The van der Waals surface area contributed by atoms with Gasteiger partial charge in [-0.1, -0.05) is 0 Å². The maximum absolute atomic E-state index is 12.8. The van der Waals surface area contributed by atoms with E-state index in [4.69, 9.17) is 14.2 Å². The predicted octanol–water partition coefficient (Wildman–Crippen LogP) is 3.39. The van der Waals surface area contributed by atoms with Gasteiger partial charge in [-0.05, 0) is 50.2 Å². The standard InChI is InChI=1S/C21H27N3O6/c1-13-9-19(29-5)20(30-6)10-15(13)12-23(3)14(2)21(25)22-17-8-7-16(24(26)27)11-18(17)28-4/h7-11,14H,12H2,1-6H3,(H,22,25)/t14-/m0/s1. The number of hydrogen-bond donors (Lipinski definition) is 1. The zero-order valence-electron chi connectivity index (χ0n) is 18.0. The molecule has 2 rings (SSSR count). The molecule has 1 amide bonds. The first-order chi connectivity index (χ1) is 14.2. The largest absolute Gasteiger partial charge is 0.494 e. The monoisotopic (exact) mass is 417 g/mol. The van der Waals surface area contributed by atoms with E-state index >= 15 is 0 Å². The third-order valence-electron chi connectivity index (χ3n) is 4.96. The van der Waals surface area contributed by atoms with Gasteiger partial charge in [0.05, 0.1) is 44.0 Å². The summed E-state index contributed by atoms with van der Waals surface area (Å²) in [5, 5.41) is 13.7. The summed E-state index contributed by atoms with van der Waals surface area (Å²) in [6.07, 6.45) is 0. The Balaban J connectivity index is 2.14. The zero-order valence-corrected chi connectivity index (χ0v) is 18.0. The van der Waals surface area contributed by atoms with Crippen molar-refractivity contribution >= 4 is 17.3 Å². The summed E-state index contributed by atoms with van der Waals surface area (Å²) in [4.78, 5) is 25.1. The number of nitrogens with one attached hydrogen (secondary N) is 1.